The van der Waals surface area contributed by atoms with Gasteiger partial charge in [-0.15, -0.1) is 0 Å². The molecule has 1 unspecified atom stereocenters. The first-order valence-corrected chi connectivity index (χ1v) is 6.58. The molecule has 0 saturated carbocycles. The van der Waals surface area contributed by atoms with Crippen molar-refractivity contribution in [2.24, 2.45) is 5.92 Å². The minimum Gasteiger partial charge on any atom is -0.357 e. The fraction of sp³-hybridized carbons (Fsp3) is 0.692. The van der Waals surface area contributed by atoms with Crippen LogP contribution < -0.4 is 4.90 Å². The average Bonchev–Trinajstić information content (AvgIpc) is 2.26. The van der Waals surface area contributed by atoms with Crippen LogP contribution in [0.2, 0.25) is 5.15 Å². The van der Waals surface area contributed by atoms with Crippen LogP contribution in [0.5, 0.6) is 0 Å². The lowest BCUT2D eigenvalue weighted by molar-refractivity contribution is 0.501. The third kappa shape index (κ3) is 4.15. The Labute approximate surface area is 109 Å². The fourth-order valence-corrected chi connectivity index (χ4v) is 2.05. The first-order valence-electron chi connectivity index (χ1n) is 6.20. The SMILES string of the molecule is CCc1nc(Cl)cc(N(C)C(C)CC(C)C)n1. The van der Waals surface area contributed by atoms with Gasteiger partial charge in [0, 0.05) is 25.6 Å². The van der Waals surface area contributed by atoms with Gasteiger partial charge in [-0.05, 0) is 19.3 Å². The lowest BCUT2D eigenvalue weighted by Gasteiger charge is -2.27. The zero-order valence-corrected chi connectivity index (χ0v) is 12.1. The number of hydrogen-bond acceptors (Lipinski definition) is 3. The van der Waals surface area contributed by atoms with Crippen LogP contribution in [0.15, 0.2) is 6.07 Å². The van der Waals surface area contributed by atoms with Crippen LogP contribution >= 0.6 is 11.6 Å². The van der Waals surface area contributed by atoms with Crippen molar-refractivity contribution in [1.29, 1.82) is 0 Å². The first kappa shape index (κ1) is 14.2. The van der Waals surface area contributed by atoms with E-state index >= 15 is 0 Å². The molecule has 0 radical (unpaired) electrons. The van der Waals surface area contributed by atoms with Crippen LogP contribution in [-0.4, -0.2) is 23.1 Å². The molecule has 1 aromatic rings. The van der Waals surface area contributed by atoms with Crippen molar-refractivity contribution in [2.45, 2.75) is 46.6 Å². The van der Waals surface area contributed by atoms with Gasteiger partial charge in [0.25, 0.3) is 0 Å². The molecule has 0 bridgehead atoms. The van der Waals surface area contributed by atoms with Gasteiger partial charge in [0.15, 0.2) is 0 Å². The summed E-state index contributed by atoms with van der Waals surface area (Å²) in [6.07, 6.45) is 1.94. The molecule has 1 atom stereocenters. The van der Waals surface area contributed by atoms with Gasteiger partial charge in [0.2, 0.25) is 0 Å². The first-order chi connectivity index (χ1) is 7.93. The molecular formula is C13H22ClN3. The molecular weight excluding hydrogens is 234 g/mol. The third-order valence-corrected chi connectivity index (χ3v) is 3.07. The Hall–Kier alpha value is -0.830. The zero-order valence-electron chi connectivity index (χ0n) is 11.4. The summed E-state index contributed by atoms with van der Waals surface area (Å²) in [7, 11) is 2.06. The zero-order chi connectivity index (χ0) is 13.0. The molecule has 1 rings (SSSR count). The largest absolute Gasteiger partial charge is 0.357 e. The minimum atomic E-state index is 0.450. The maximum atomic E-state index is 6.01. The Bertz CT molecular complexity index is 366. The van der Waals surface area contributed by atoms with Crippen LogP contribution in [0.1, 0.15) is 39.9 Å². The highest BCUT2D eigenvalue weighted by atomic mass is 35.5. The summed E-state index contributed by atoms with van der Waals surface area (Å²) in [5.74, 6) is 2.39. The number of aromatic nitrogens is 2. The minimum absolute atomic E-state index is 0.450. The second-order valence-electron chi connectivity index (χ2n) is 4.91. The van der Waals surface area contributed by atoms with Gasteiger partial charge < -0.3 is 4.90 Å². The highest BCUT2D eigenvalue weighted by Crippen LogP contribution is 2.20. The standard InChI is InChI=1S/C13H22ClN3/c1-6-12-15-11(14)8-13(16-12)17(5)10(4)7-9(2)3/h8-10H,6-7H2,1-5H3. The van der Waals surface area contributed by atoms with Crippen molar-refractivity contribution in [2.75, 3.05) is 11.9 Å². The summed E-state index contributed by atoms with van der Waals surface area (Å²) in [6, 6.07) is 2.28. The molecule has 0 aliphatic carbocycles. The number of nitrogens with zero attached hydrogens (tertiary/aromatic N) is 3. The van der Waals surface area contributed by atoms with Crippen LogP contribution in [0, 0.1) is 5.92 Å². The molecule has 1 aromatic heterocycles. The summed E-state index contributed by atoms with van der Waals surface area (Å²) >= 11 is 6.01. The molecule has 0 fully saturated rings. The Balaban J connectivity index is 2.87. The number of aryl methyl sites for hydroxylation is 1. The van der Waals surface area contributed by atoms with E-state index in [1.165, 1.54) is 0 Å². The second-order valence-corrected chi connectivity index (χ2v) is 5.30. The highest BCUT2D eigenvalue weighted by Gasteiger charge is 2.14. The lowest BCUT2D eigenvalue weighted by Crippen LogP contribution is -2.31. The normalized spacial score (nSPS) is 12.9. The van der Waals surface area contributed by atoms with Crippen LogP contribution in [0.3, 0.4) is 0 Å². The molecule has 4 heteroatoms. The van der Waals surface area contributed by atoms with Gasteiger partial charge in [0.1, 0.15) is 16.8 Å². The number of rotatable bonds is 5. The molecule has 0 spiro atoms. The second kappa shape index (κ2) is 6.20. The molecule has 0 N–H and O–H groups in total. The van der Waals surface area contributed by atoms with E-state index in [9.17, 15) is 0 Å². The molecule has 0 aliphatic rings. The Morgan fingerprint density at radius 3 is 2.47 bits per heavy atom. The molecule has 1 heterocycles. The summed E-state index contributed by atoms with van der Waals surface area (Å²) in [5, 5.41) is 0.524. The van der Waals surface area contributed by atoms with Crippen molar-refractivity contribution in [3.05, 3.63) is 17.0 Å². The van der Waals surface area contributed by atoms with E-state index in [1.807, 2.05) is 13.0 Å². The number of hydrogen-bond donors (Lipinski definition) is 0. The predicted octanol–water partition coefficient (Wildman–Crippen LogP) is 3.56. The summed E-state index contributed by atoms with van der Waals surface area (Å²) < 4.78 is 0. The van der Waals surface area contributed by atoms with E-state index < -0.39 is 0 Å². The number of halogens is 1. The van der Waals surface area contributed by atoms with E-state index in [0.717, 1.165) is 24.5 Å². The van der Waals surface area contributed by atoms with E-state index in [4.69, 9.17) is 11.6 Å². The van der Waals surface area contributed by atoms with Crippen molar-refractivity contribution in [3.63, 3.8) is 0 Å². The summed E-state index contributed by atoms with van der Waals surface area (Å²) in [4.78, 5) is 10.9. The van der Waals surface area contributed by atoms with Gasteiger partial charge in [-0.25, -0.2) is 9.97 Å². The van der Waals surface area contributed by atoms with Crippen LogP contribution in [0.25, 0.3) is 0 Å². The van der Waals surface area contributed by atoms with E-state index in [-0.39, 0.29) is 0 Å². The highest BCUT2D eigenvalue weighted by molar-refractivity contribution is 6.29. The van der Waals surface area contributed by atoms with E-state index in [2.05, 4.69) is 42.7 Å². The Morgan fingerprint density at radius 1 is 1.29 bits per heavy atom. The molecule has 0 aromatic carbocycles. The van der Waals surface area contributed by atoms with Gasteiger partial charge in [-0.3, -0.25) is 0 Å². The number of anilines is 1. The predicted molar refractivity (Wildman–Crippen MR) is 73.7 cm³/mol. The Morgan fingerprint density at radius 2 is 1.94 bits per heavy atom. The molecule has 17 heavy (non-hydrogen) atoms. The van der Waals surface area contributed by atoms with Gasteiger partial charge >= 0.3 is 0 Å². The van der Waals surface area contributed by atoms with Gasteiger partial charge in [-0.1, -0.05) is 32.4 Å². The average molecular weight is 256 g/mol. The molecule has 0 amide bonds. The van der Waals surface area contributed by atoms with Crippen LogP contribution in [-0.2, 0) is 6.42 Å². The third-order valence-electron chi connectivity index (χ3n) is 2.88. The van der Waals surface area contributed by atoms with Crippen molar-refractivity contribution >= 4 is 17.4 Å². The quantitative estimate of drug-likeness (QED) is 0.754. The molecule has 3 nitrogen and oxygen atoms in total. The topological polar surface area (TPSA) is 29.0 Å². The maximum absolute atomic E-state index is 6.01. The summed E-state index contributed by atoms with van der Waals surface area (Å²) in [5.41, 5.74) is 0. The molecule has 0 saturated heterocycles. The lowest BCUT2D eigenvalue weighted by atomic mass is 10.0. The molecule has 96 valence electrons. The van der Waals surface area contributed by atoms with Gasteiger partial charge in [-0.2, -0.15) is 0 Å². The molecule has 0 aliphatic heterocycles. The smallest absolute Gasteiger partial charge is 0.134 e. The van der Waals surface area contributed by atoms with E-state index in [1.54, 1.807) is 0 Å². The van der Waals surface area contributed by atoms with Crippen molar-refractivity contribution in [3.8, 4) is 0 Å². The Kier molecular flexibility index (Phi) is 5.19. The van der Waals surface area contributed by atoms with Gasteiger partial charge in [0.05, 0.1) is 0 Å². The van der Waals surface area contributed by atoms with Crippen molar-refractivity contribution in [1.82, 2.24) is 9.97 Å². The van der Waals surface area contributed by atoms with Crippen LogP contribution in [0.4, 0.5) is 5.82 Å². The van der Waals surface area contributed by atoms with Crippen molar-refractivity contribution < 1.29 is 0 Å². The maximum Gasteiger partial charge on any atom is 0.134 e. The van der Waals surface area contributed by atoms with E-state index in [0.29, 0.717) is 17.1 Å². The summed E-state index contributed by atoms with van der Waals surface area (Å²) in [6.45, 7) is 8.71. The monoisotopic (exact) mass is 255 g/mol. The fourth-order valence-electron chi connectivity index (χ4n) is 1.86.